The van der Waals surface area contributed by atoms with Crippen LogP contribution in [0.4, 0.5) is 0 Å². The molecule has 5 rings (SSSR count). The van der Waals surface area contributed by atoms with Crippen LogP contribution in [0.15, 0.2) is 67.1 Å². The number of carbonyl (C=O) groups is 2. The smallest absolute Gasteiger partial charge is 0.255 e. The summed E-state index contributed by atoms with van der Waals surface area (Å²) in [5.41, 5.74) is 7.68. The number of nitrogens with two attached hydrogens (primary N) is 1. The van der Waals surface area contributed by atoms with Gasteiger partial charge >= 0.3 is 0 Å². The molecule has 2 amide bonds. The zero-order chi connectivity index (χ0) is 22.1. The normalized spacial score (nSPS) is 16.2. The molecule has 9 heteroatoms. The van der Waals surface area contributed by atoms with Crippen molar-refractivity contribution in [3.05, 3.63) is 83.9 Å². The van der Waals surface area contributed by atoms with Crippen LogP contribution < -0.4 is 5.73 Å². The maximum atomic E-state index is 13.1. The Morgan fingerprint density at radius 1 is 1.12 bits per heavy atom. The number of hydrogen-bond donors (Lipinski definition) is 1. The van der Waals surface area contributed by atoms with Crippen molar-refractivity contribution in [2.75, 3.05) is 19.7 Å². The number of morpholine rings is 1. The van der Waals surface area contributed by atoms with Gasteiger partial charge in [0.2, 0.25) is 5.91 Å². The van der Waals surface area contributed by atoms with E-state index in [1.54, 1.807) is 52.4 Å². The fourth-order valence-corrected chi connectivity index (χ4v) is 3.81. The monoisotopic (exact) mass is 428 g/mol. The van der Waals surface area contributed by atoms with Crippen molar-refractivity contribution >= 4 is 22.7 Å². The number of ether oxygens (including phenoxy) is 1. The van der Waals surface area contributed by atoms with Crippen molar-refractivity contribution < 1.29 is 14.3 Å². The van der Waals surface area contributed by atoms with Gasteiger partial charge in [0, 0.05) is 30.5 Å². The van der Waals surface area contributed by atoms with E-state index in [4.69, 9.17) is 10.5 Å². The summed E-state index contributed by atoms with van der Waals surface area (Å²) in [7, 11) is 0. The minimum absolute atomic E-state index is 0.145. The molecule has 4 heterocycles. The number of nitrogens with zero attached hydrogens (tertiary/aromatic N) is 5. The molecule has 1 aromatic carbocycles. The predicted molar refractivity (Wildman–Crippen MR) is 116 cm³/mol. The van der Waals surface area contributed by atoms with Gasteiger partial charge in [-0.05, 0) is 30.3 Å². The molecule has 1 fully saturated rings. The van der Waals surface area contributed by atoms with Gasteiger partial charge in [-0.25, -0.2) is 14.6 Å². The van der Waals surface area contributed by atoms with Crippen molar-refractivity contribution in [2.24, 2.45) is 5.73 Å². The number of hydrogen-bond acceptors (Lipinski definition) is 6. The highest BCUT2D eigenvalue weighted by atomic mass is 16.5. The highest BCUT2D eigenvalue weighted by molar-refractivity contribution is 6.05. The second kappa shape index (κ2) is 8.20. The standard InChI is InChI=1S/C23H20N6O3/c24-22(30)17-12-19(27-18-5-2-1-4-16(17)18)20-14-28(10-11-32-20)23(31)15-6-7-21(25-13-15)29-9-3-8-26-29/h1-9,12-13,20H,10-11,14H2,(H2,24,30)/t20-/m1/s1. The molecule has 0 bridgehead atoms. The molecule has 4 aromatic rings. The molecule has 1 aliphatic heterocycles. The van der Waals surface area contributed by atoms with Crippen LogP contribution in [0.25, 0.3) is 16.7 Å². The predicted octanol–water partition coefficient (Wildman–Crippen LogP) is 2.13. The summed E-state index contributed by atoms with van der Waals surface area (Å²) in [5.74, 6) is -0.0450. The second-order valence-corrected chi connectivity index (χ2v) is 7.44. The first-order valence-corrected chi connectivity index (χ1v) is 10.2. The summed E-state index contributed by atoms with van der Waals surface area (Å²) < 4.78 is 7.52. The molecule has 1 atom stereocenters. The lowest BCUT2D eigenvalue weighted by molar-refractivity contribution is -0.0246. The van der Waals surface area contributed by atoms with Crippen LogP contribution in [-0.4, -0.2) is 56.2 Å². The van der Waals surface area contributed by atoms with Crippen molar-refractivity contribution in [2.45, 2.75) is 6.10 Å². The Labute approximate surface area is 183 Å². The van der Waals surface area contributed by atoms with E-state index in [1.807, 2.05) is 24.3 Å². The van der Waals surface area contributed by atoms with E-state index in [0.717, 1.165) is 0 Å². The van der Waals surface area contributed by atoms with Gasteiger partial charge in [-0.15, -0.1) is 0 Å². The zero-order valence-electron chi connectivity index (χ0n) is 17.1. The molecule has 1 saturated heterocycles. The summed E-state index contributed by atoms with van der Waals surface area (Å²) >= 11 is 0. The molecule has 3 aromatic heterocycles. The number of pyridine rings is 2. The van der Waals surface area contributed by atoms with E-state index < -0.39 is 12.0 Å². The lowest BCUT2D eigenvalue weighted by Gasteiger charge is -2.33. The third kappa shape index (κ3) is 3.69. The lowest BCUT2D eigenvalue weighted by Crippen LogP contribution is -2.42. The molecule has 0 spiro atoms. The van der Waals surface area contributed by atoms with E-state index in [1.165, 1.54) is 0 Å². The molecule has 2 N–H and O–H groups in total. The second-order valence-electron chi connectivity index (χ2n) is 7.44. The van der Waals surface area contributed by atoms with Crippen molar-refractivity contribution in [3.63, 3.8) is 0 Å². The molecular formula is C23H20N6O3. The third-order valence-corrected chi connectivity index (χ3v) is 5.42. The maximum absolute atomic E-state index is 13.1. The summed E-state index contributed by atoms with van der Waals surface area (Å²) in [4.78, 5) is 35.8. The zero-order valence-corrected chi connectivity index (χ0v) is 17.1. The minimum atomic E-state index is -0.531. The Morgan fingerprint density at radius 2 is 2.00 bits per heavy atom. The average molecular weight is 428 g/mol. The fraction of sp³-hybridized carbons (Fsp3) is 0.174. The van der Waals surface area contributed by atoms with Gasteiger partial charge in [0.15, 0.2) is 5.82 Å². The van der Waals surface area contributed by atoms with Gasteiger partial charge in [-0.2, -0.15) is 5.10 Å². The van der Waals surface area contributed by atoms with Gasteiger partial charge in [0.05, 0.1) is 35.5 Å². The van der Waals surface area contributed by atoms with Gasteiger partial charge in [0.1, 0.15) is 6.10 Å². The maximum Gasteiger partial charge on any atom is 0.255 e. The Hall–Kier alpha value is -4.11. The number of rotatable bonds is 4. The first-order chi connectivity index (χ1) is 15.6. The van der Waals surface area contributed by atoms with Crippen molar-refractivity contribution in [3.8, 4) is 5.82 Å². The van der Waals surface area contributed by atoms with E-state index >= 15 is 0 Å². The van der Waals surface area contributed by atoms with Crippen LogP contribution >= 0.6 is 0 Å². The van der Waals surface area contributed by atoms with Crippen LogP contribution in [0.2, 0.25) is 0 Å². The summed E-state index contributed by atoms with van der Waals surface area (Å²) in [6, 6.07) is 14.3. The molecule has 32 heavy (non-hydrogen) atoms. The molecular weight excluding hydrogens is 408 g/mol. The number of benzene rings is 1. The van der Waals surface area contributed by atoms with E-state index in [-0.39, 0.29) is 5.91 Å². The van der Waals surface area contributed by atoms with Gasteiger partial charge in [0.25, 0.3) is 5.91 Å². The van der Waals surface area contributed by atoms with Crippen LogP contribution in [-0.2, 0) is 4.74 Å². The lowest BCUT2D eigenvalue weighted by atomic mass is 10.0. The molecule has 0 radical (unpaired) electrons. The quantitative estimate of drug-likeness (QED) is 0.532. The molecule has 0 saturated carbocycles. The van der Waals surface area contributed by atoms with Crippen molar-refractivity contribution in [1.29, 1.82) is 0 Å². The van der Waals surface area contributed by atoms with E-state index in [9.17, 15) is 9.59 Å². The molecule has 0 unspecified atom stereocenters. The van der Waals surface area contributed by atoms with Gasteiger partial charge < -0.3 is 15.4 Å². The minimum Gasteiger partial charge on any atom is -0.368 e. The van der Waals surface area contributed by atoms with Crippen molar-refractivity contribution in [1.82, 2.24) is 24.6 Å². The third-order valence-electron chi connectivity index (χ3n) is 5.42. The summed E-state index contributed by atoms with van der Waals surface area (Å²) in [6.45, 7) is 1.12. The number of primary amides is 1. The summed E-state index contributed by atoms with van der Waals surface area (Å²) in [5, 5.41) is 4.83. The first kappa shape index (κ1) is 19.8. The van der Waals surface area contributed by atoms with Crippen LogP contribution in [0, 0.1) is 0 Å². The van der Waals surface area contributed by atoms with E-state index in [0.29, 0.717) is 53.2 Å². The Balaban J connectivity index is 1.39. The van der Waals surface area contributed by atoms with E-state index in [2.05, 4.69) is 15.1 Å². The van der Waals surface area contributed by atoms with Crippen LogP contribution in [0.1, 0.15) is 32.5 Å². The van der Waals surface area contributed by atoms with Crippen LogP contribution in [0.5, 0.6) is 0 Å². The highest BCUT2D eigenvalue weighted by Gasteiger charge is 2.28. The van der Waals surface area contributed by atoms with Crippen LogP contribution in [0.3, 0.4) is 0 Å². The number of aromatic nitrogens is 4. The first-order valence-electron chi connectivity index (χ1n) is 10.2. The summed E-state index contributed by atoms with van der Waals surface area (Å²) in [6.07, 6.45) is 4.53. The molecule has 0 aliphatic carbocycles. The number of para-hydroxylation sites is 1. The Bertz CT molecular complexity index is 1290. The average Bonchev–Trinajstić information content (AvgIpc) is 3.38. The largest absolute Gasteiger partial charge is 0.368 e. The SMILES string of the molecule is NC(=O)c1cc([C@H]2CN(C(=O)c3ccc(-n4cccn4)nc3)CCO2)nc2ccccc12. The number of fused-ring (bicyclic) bond motifs is 1. The topological polar surface area (TPSA) is 116 Å². The molecule has 9 nitrogen and oxygen atoms in total. The Kier molecular flexibility index (Phi) is 5.08. The van der Waals surface area contributed by atoms with Gasteiger partial charge in [-0.3, -0.25) is 9.59 Å². The van der Waals surface area contributed by atoms with Gasteiger partial charge in [-0.1, -0.05) is 18.2 Å². The molecule has 160 valence electrons. The number of carbonyl (C=O) groups excluding carboxylic acids is 2. The number of amides is 2. The highest BCUT2D eigenvalue weighted by Crippen LogP contribution is 2.26. The Morgan fingerprint density at radius 3 is 2.75 bits per heavy atom. The fourth-order valence-electron chi connectivity index (χ4n) is 3.81. The molecule has 1 aliphatic rings.